The van der Waals surface area contributed by atoms with E-state index in [4.69, 9.17) is 0 Å². The molecule has 1 aliphatic heterocycles. The third-order valence-corrected chi connectivity index (χ3v) is 3.39. The topological polar surface area (TPSA) is 54.5 Å². The number of ketones is 2. The maximum absolute atomic E-state index is 11.9. The fourth-order valence-electron chi connectivity index (χ4n) is 2.18. The van der Waals surface area contributed by atoms with Gasteiger partial charge in [0.05, 0.1) is 11.3 Å². The van der Waals surface area contributed by atoms with Crippen LogP contribution in [0.1, 0.15) is 30.6 Å². The highest BCUT2D eigenvalue weighted by Gasteiger charge is 2.38. The van der Waals surface area contributed by atoms with E-state index >= 15 is 0 Å². The van der Waals surface area contributed by atoms with Crippen LogP contribution in [0, 0.1) is 0 Å². The minimum absolute atomic E-state index is 0.00619. The molecule has 18 heavy (non-hydrogen) atoms. The van der Waals surface area contributed by atoms with Crippen LogP contribution in [0.3, 0.4) is 0 Å². The molecule has 1 aliphatic rings. The van der Waals surface area contributed by atoms with Gasteiger partial charge in [0.25, 0.3) is 11.7 Å². The van der Waals surface area contributed by atoms with E-state index in [1.165, 1.54) is 11.8 Å². The highest BCUT2D eigenvalue weighted by Crippen LogP contribution is 2.33. The fourth-order valence-corrected chi connectivity index (χ4v) is 2.54. The van der Waals surface area contributed by atoms with E-state index in [1.807, 2.05) is 0 Å². The summed E-state index contributed by atoms with van der Waals surface area (Å²) in [6.07, 6.45) is 0.245. The normalized spacial score (nSPS) is 15.8. The van der Waals surface area contributed by atoms with Crippen LogP contribution in [0.25, 0.3) is 0 Å². The summed E-state index contributed by atoms with van der Waals surface area (Å²) in [6.45, 7) is 3.24. The molecule has 0 bridgehead atoms. The second-order valence-corrected chi connectivity index (χ2v) is 5.34. The van der Waals surface area contributed by atoms with E-state index in [2.05, 4.69) is 15.9 Å². The van der Waals surface area contributed by atoms with Gasteiger partial charge in [-0.1, -0.05) is 15.9 Å². The van der Waals surface area contributed by atoms with Crippen LogP contribution in [0.4, 0.5) is 5.69 Å². The minimum Gasteiger partial charge on any atom is -0.302 e. The van der Waals surface area contributed by atoms with Gasteiger partial charge >= 0.3 is 0 Å². The fraction of sp³-hybridized carbons (Fsp3) is 0.308. The molecule has 0 N–H and O–H groups in total. The zero-order chi connectivity index (χ0) is 13.4. The van der Waals surface area contributed by atoms with Crippen molar-refractivity contribution in [3.8, 4) is 0 Å². The smallest absolute Gasteiger partial charge is 0.299 e. The van der Waals surface area contributed by atoms with E-state index in [-0.39, 0.29) is 18.2 Å². The number of carbonyl (C=O) groups is 3. The molecule has 0 saturated carbocycles. The maximum atomic E-state index is 11.9. The van der Waals surface area contributed by atoms with Gasteiger partial charge in [-0.25, -0.2) is 0 Å². The Bertz CT molecular complexity index is 553. The summed E-state index contributed by atoms with van der Waals surface area (Å²) in [5.74, 6) is -1.08. The number of hydrogen-bond donors (Lipinski definition) is 0. The quantitative estimate of drug-likeness (QED) is 0.805. The van der Waals surface area contributed by atoms with Crippen molar-refractivity contribution in [2.75, 3.05) is 4.90 Å². The minimum atomic E-state index is -0.558. The molecule has 0 fully saturated rings. The first-order chi connectivity index (χ1) is 8.41. The summed E-state index contributed by atoms with van der Waals surface area (Å²) in [5, 5.41) is 0. The van der Waals surface area contributed by atoms with E-state index < -0.39 is 11.7 Å². The molecule has 2 rings (SSSR count). The van der Waals surface area contributed by atoms with Crippen molar-refractivity contribution in [1.82, 2.24) is 0 Å². The second-order valence-electron chi connectivity index (χ2n) is 4.42. The predicted molar refractivity (Wildman–Crippen MR) is 70.7 cm³/mol. The lowest BCUT2D eigenvalue weighted by Crippen LogP contribution is -2.38. The van der Waals surface area contributed by atoms with Crippen LogP contribution in [0.15, 0.2) is 22.7 Å². The Labute approximate surface area is 113 Å². The first kappa shape index (κ1) is 13.0. The van der Waals surface area contributed by atoms with Crippen LogP contribution in [0.2, 0.25) is 0 Å². The number of hydrogen-bond acceptors (Lipinski definition) is 3. The number of benzene rings is 1. The highest BCUT2D eigenvalue weighted by molar-refractivity contribution is 9.10. The van der Waals surface area contributed by atoms with E-state index in [0.717, 1.165) is 4.47 Å². The number of amides is 1. The monoisotopic (exact) mass is 309 g/mol. The second kappa shape index (κ2) is 4.65. The third-order valence-electron chi connectivity index (χ3n) is 2.90. The lowest BCUT2D eigenvalue weighted by Gasteiger charge is -2.23. The molecule has 0 unspecified atom stereocenters. The molecular weight excluding hydrogens is 298 g/mol. The number of fused-ring (bicyclic) bond motifs is 1. The van der Waals surface area contributed by atoms with Crippen molar-refractivity contribution in [3.63, 3.8) is 0 Å². The largest absolute Gasteiger partial charge is 0.302 e. The molecular formula is C13H12BrNO3. The standard InChI is InChI=1S/C13H12BrNO3/c1-7(5-8(2)16)15-11-4-3-9(14)6-10(11)12(17)13(15)18/h3-4,6-7H,5H2,1-2H3/t7-/m0/s1. The van der Waals surface area contributed by atoms with Crippen molar-refractivity contribution < 1.29 is 14.4 Å². The first-order valence-corrected chi connectivity index (χ1v) is 6.38. The molecule has 0 aliphatic carbocycles. The van der Waals surface area contributed by atoms with Gasteiger partial charge in [0, 0.05) is 16.9 Å². The van der Waals surface area contributed by atoms with Gasteiger partial charge in [-0.05, 0) is 32.0 Å². The Morgan fingerprint density at radius 1 is 1.39 bits per heavy atom. The van der Waals surface area contributed by atoms with E-state index in [0.29, 0.717) is 11.3 Å². The molecule has 94 valence electrons. The van der Waals surface area contributed by atoms with Crippen LogP contribution < -0.4 is 4.90 Å². The van der Waals surface area contributed by atoms with Crippen LogP contribution in [0.5, 0.6) is 0 Å². The lowest BCUT2D eigenvalue weighted by molar-refractivity contribution is -0.117. The number of halogens is 1. The Morgan fingerprint density at radius 2 is 2.06 bits per heavy atom. The lowest BCUT2D eigenvalue weighted by atomic mass is 10.1. The Hall–Kier alpha value is -1.49. The summed E-state index contributed by atoms with van der Waals surface area (Å²) < 4.78 is 0.753. The van der Waals surface area contributed by atoms with Crippen LogP contribution in [-0.4, -0.2) is 23.5 Å². The molecule has 4 nitrogen and oxygen atoms in total. The predicted octanol–water partition coefficient (Wildman–Crippen LogP) is 2.35. The van der Waals surface area contributed by atoms with E-state index in [1.54, 1.807) is 25.1 Å². The number of Topliss-reactive ketones (excluding diaryl/α,β-unsaturated/α-hetero) is 2. The molecule has 1 heterocycles. The number of carbonyl (C=O) groups excluding carboxylic acids is 3. The summed E-state index contributed by atoms with van der Waals surface area (Å²) in [4.78, 5) is 36.3. The molecule has 0 saturated heterocycles. The zero-order valence-corrected chi connectivity index (χ0v) is 11.7. The highest BCUT2D eigenvalue weighted by atomic mass is 79.9. The SMILES string of the molecule is CC(=O)C[C@H](C)N1C(=O)C(=O)c2cc(Br)ccc21. The van der Waals surface area contributed by atoms with E-state index in [9.17, 15) is 14.4 Å². The summed E-state index contributed by atoms with van der Waals surface area (Å²) in [6, 6.07) is 4.83. The van der Waals surface area contributed by atoms with Gasteiger partial charge in [0.2, 0.25) is 0 Å². The number of rotatable bonds is 3. The third kappa shape index (κ3) is 2.10. The summed E-state index contributed by atoms with van der Waals surface area (Å²) in [5.41, 5.74) is 0.978. The molecule has 0 spiro atoms. The van der Waals surface area contributed by atoms with Crippen molar-refractivity contribution in [2.24, 2.45) is 0 Å². The molecule has 0 radical (unpaired) electrons. The van der Waals surface area contributed by atoms with Gasteiger partial charge in [0.1, 0.15) is 5.78 Å². The average molecular weight is 310 g/mol. The Morgan fingerprint density at radius 3 is 2.67 bits per heavy atom. The summed E-state index contributed by atoms with van der Waals surface area (Å²) in [7, 11) is 0. The molecule has 1 aromatic rings. The van der Waals surface area contributed by atoms with Gasteiger partial charge in [-0.15, -0.1) is 0 Å². The molecule has 1 aromatic carbocycles. The van der Waals surface area contributed by atoms with Gasteiger partial charge < -0.3 is 4.90 Å². The van der Waals surface area contributed by atoms with Gasteiger partial charge in [0.15, 0.2) is 0 Å². The summed E-state index contributed by atoms with van der Waals surface area (Å²) >= 11 is 3.27. The Kier molecular flexibility index (Phi) is 3.34. The van der Waals surface area contributed by atoms with Crippen molar-refractivity contribution in [1.29, 1.82) is 0 Å². The number of anilines is 1. The van der Waals surface area contributed by atoms with Gasteiger partial charge in [-0.2, -0.15) is 0 Å². The molecule has 0 aromatic heterocycles. The first-order valence-electron chi connectivity index (χ1n) is 5.58. The molecule has 1 amide bonds. The van der Waals surface area contributed by atoms with Crippen molar-refractivity contribution in [2.45, 2.75) is 26.3 Å². The van der Waals surface area contributed by atoms with Crippen LogP contribution in [-0.2, 0) is 9.59 Å². The van der Waals surface area contributed by atoms with Gasteiger partial charge in [-0.3, -0.25) is 14.4 Å². The number of nitrogens with zero attached hydrogens (tertiary/aromatic N) is 1. The van der Waals surface area contributed by atoms with Crippen molar-refractivity contribution in [3.05, 3.63) is 28.2 Å². The van der Waals surface area contributed by atoms with Crippen molar-refractivity contribution >= 4 is 39.1 Å². The van der Waals surface area contributed by atoms with Crippen LogP contribution >= 0.6 is 15.9 Å². The zero-order valence-electron chi connectivity index (χ0n) is 10.1. The molecule has 1 atom stereocenters. The maximum Gasteiger partial charge on any atom is 0.299 e. The average Bonchev–Trinajstić information content (AvgIpc) is 2.51. The molecule has 5 heteroatoms. The Balaban J connectivity index is 2.43.